The quantitative estimate of drug-likeness (QED) is 0.428. The first-order valence-corrected chi connectivity index (χ1v) is 13.4. The number of sulfonamides is 1. The molecule has 1 aliphatic heterocycles. The van der Waals surface area contributed by atoms with Crippen LogP contribution in [0.15, 0.2) is 42.7 Å². The van der Waals surface area contributed by atoms with E-state index in [9.17, 15) is 8.42 Å². The van der Waals surface area contributed by atoms with Crippen LogP contribution in [-0.4, -0.2) is 45.2 Å². The van der Waals surface area contributed by atoms with Gasteiger partial charge in [-0.25, -0.2) is 13.4 Å². The monoisotopic (exact) mass is 491 g/mol. The Morgan fingerprint density at radius 2 is 1.97 bits per heavy atom. The molecule has 0 unspecified atom stereocenters. The van der Waals surface area contributed by atoms with Crippen molar-refractivity contribution in [2.75, 3.05) is 12.3 Å². The lowest BCUT2D eigenvalue weighted by Crippen LogP contribution is -2.37. The first-order chi connectivity index (χ1) is 16.8. The molecule has 0 spiro atoms. The number of rotatable bonds is 6. The molecule has 0 saturated carbocycles. The smallest absolute Gasteiger partial charge is 0.214 e. The second-order valence-electron chi connectivity index (χ2n) is 9.09. The van der Waals surface area contributed by atoms with Crippen LogP contribution in [0.5, 0.6) is 5.75 Å². The molecule has 5 rings (SSSR count). The number of pyridine rings is 2. The van der Waals surface area contributed by atoms with E-state index in [-0.39, 0.29) is 18.9 Å². The summed E-state index contributed by atoms with van der Waals surface area (Å²) in [4.78, 5) is 9.32. The van der Waals surface area contributed by atoms with Crippen LogP contribution in [0.1, 0.15) is 40.9 Å². The molecule has 9 heteroatoms. The number of aromatic nitrogens is 4. The number of hydrogen-bond acceptors (Lipinski definition) is 6. The number of nitrogens with zero attached hydrogens (tertiary/aromatic N) is 4. The van der Waals surface area contributed by atoms with Gasteiger partial charge in [-0.3, -0.25) is 10.1 Å². The average molecular weight is 492 g/mol. The molecule has 0 amide bonds. The Bertz CT molecular complexity index is 1500. The summed E-state index contributed by atoms with van der Waals surface area (Å²) in [7, 11) is -3.25. The first kappa shape index (κ1) is 23.4. The van der Waals surface area contributed by atoms with E-state index in [0.29, 0.717) is 18.7 Å². The Morgan fingerprint density at radius 1 is 1.11 bits per heavy atom. The molecule has 1 aromatic carbocycles. The van der Waals surface area contributed by atoms with Gasteiger partial charge in [0.2, 0.25) is 10.0 Å². The van der Waals surface area contributed by atoms with Gasteiger partial charge < -0.3 is 4.74 Å². The summed E-state index contributed by atoms with van der Waals surface area (Å²) in [6, 6.07) is 9.89. The highest BCUT2D eigenvalue weighted by Gasteiger charge is 2.27. The van der Waals surface area contributed by atoms with Crippen molar-refractivity contribution in [1.29, 1.82) is 0 Å². The van der Waals surface area contributed by atoms with Crippen LogP contribution in [0.4, 0.5) is 0 Å². The molecule has 3 aromatic heterocycles. The minimum absolute atomic E-state index is 0.198. The SMILES string of the molecule is Cc1cc(-c2[nH]ncc2C)c2cccc(OCc3c(C)ccnc3CN3CCCCS3(=O)=O)c2n1. The largest absolute Gasteiger partial charge is 0.487 e. The van der Waals surface area contributed by atoms with Gasteiger partial charge in [-0.1, -0.05) is 12.1 Å². The van der Waals surface area contributed by atoms with Gasteiger partial charge in [0.1, 0.15) is 17.9 Å². The fraction of sp³-hybridized carbons (Fsp3) is 0.346. The molecule has 0 atom stereocenters. The lowest BCUT2D eigenvalue weighted by Gasteiger charge is -2.26. The van der Waals surface area contributed by atoms with Gasteiger partial charge in [-0.15, -0.1) is 0 Å². The van der Waals surface area contributed by atoms with Crippen LogP contribution in [0.2, 0.25) is 0 Å². The van der Waals surface area contributed by atoms with Crippen molar-refractivity contribution in [3.8, 4) is 17.0 Å². The fourth-order valence-corrected chi connectivity index (χ4v) is 6.16. The van der Waals surface area contributed by atoms with Crippen LogP contribution in [0.3, 0.4) is 0 Å². The Morgan fingerprint density at radius 3 is 2.74 bits per heavy atom. The van der Waals surface area contributed by atoms with Crippen LogP contribution >= 0.6 is 0 Å². The molecule has 1 saturated heterocycles. The Hall–Kier alpha value is -3.30. The lowest BCUT2D eigenvalue weighted by atomic mass is 10.0. The number of aromatic amines is 1. The van der Waals surface area contributed by atoms with E-state index in [0.717, 1.165) is 56.7 Å². The highest BCUT2D eigenvalue weighted by Crippen LogP contribution is 2.34. The molecule has 0 aliphatic carbocycles. The second kappa shape index (κ2) is 9.39. The zero-order valence-electron chi connectivity index (χ0n) is 20.2. The third-order valence-corrected chi connectivity index (χ3v) is 8.46. The molecule has 1 fully saturated rings. The number of para-hydroxylation sites is 1. The maximum atomic E-state index is 12.5. The molecule has 1 N–H and O–H groups in total. The maximum absolute atomic E-state index is 12.5. The van der Waals surface area contributed by atoms with Gasteiger partial charge in [-0.05, 0) is 62.9 Å². The van der Waals surface area contributed by atoms with E-state index in [4.69, 9.17) is 9.72 Å². The maximum Gasteiger partial charge on any atom is 0.214 e. The number of fused-ring (bicyclic) bond motifs is 1. The van der Waals surface area contributed by atoms with Crippen molar-refractivity contribution >= 4 is 20.9 Å². The zero-order valence-corrected chi connectivity index (χ0v) is 21.0. The molecule has 182 valence electrons. The highest BCUT2D eigenvalue weighted by atomic mass is 32.2. The van der Waals surface area contributed by atoms with Crippen molar-refractivity contribution in [3.63, 3.8) is 0 Å². The molecular formula is C26H29N5O3S. The van der Waals surface area contributed by atoms with E-state index >= 15 is 0 Å². The Balaban J connectivity index is 1.48. The van der Waals surface area contributed by atoms with E-state index in [1.165, 1.54) is 0 Å². The van der Waals surface area contributed by atoms with Gasteiger partial charge in [-0.2, -0.15) is 9.40 Å². The van der Waals surface area contributed by atoms with Crippen molar-refractivity contribution in [3.05, 3.63) is 70.8 Å². The number of aryl methyl sites for hydroxylation is 3. The van der Waals surface area contributed by atoms with Crippen molar-refractivity contribution in [1.82, 2.24) is 24.5 Å². The van der Waals surface area contributed by atoms with E-state index in [1.54, 1.807) is 10.5 Å². The third-order valence-electron chi connectivity index (χ3n) is 6.56. The Labute approximate surface area is 205 Å². The molecule has 4 heterocycles. The zero-order chi connectivity index (χ0) is 24.6. The Kier molecular flexibility index (Phi) is 6.29. The van der Waals surface area contributed by atoms with E-state index in [2.05, 4.69) is 21.2 Å². The summed E-state index contributed by atoms with van der Waals surface area (Å²) in [5, 5.41) is 8.25. The predicted molar refractivity (Wildman–Crippen MR) is 136 cm³/mol. The molecular weight excluding hydrogens is 462 g/mol. The summed E-state index contributed by atoms with van der Waals surface area (Å²) in [5.74, 6) is 0.869. The summed E-state index contributed by atoms with van der Waals surface area (Å²) in [6.07, 6.45) is 5.12. The highest BCUT2D eigenvalue weighted by molar-refractivity contribution is 7.89. The van der Waals surface area contributed by atoms with Crippen LogP contribution in [-0.2, 0) is 23.2 Å². The van der Waals surface area contributed by atoms with E-state index in [1.807, 2.05) is 51.2 Å². The summed E-state index contributed by atoms with van der Waals surface area (Å²) in [6.45, 7) is 7.05. The minimum atomic E-state index is -3.25. The third kappa shape index (κ3) is 4.66. The van der Waals surface area contributed by atoms with E-state index < -0.39 is 10.0 Å². The minimum Gasteiger partial charge on any atom is -0.487 e. The van der Waals surface area contributed by atoms with Crippen LogP contribution in [0.25, 0.3) is 22.2 Å². The van der Waals surface area contributed by atoms with Crippen molar-refractivity contribution < 1.29 is 13.2 Å². The number of benzene rings is 1. The predicted octanol–water partition coefficient (Wildman–Crippen LogP) is 4.45. The lowest BCUT2D eigenvalue weighted by molar-refractivity contribution is 0.303. The summed E-state index contributed by atoms with van der Waals surface area (Å²) in [5.41, 5.74) is 7.36. The van der Waals surface area contributed by atoms with Crippen LogP contribution < -0.4 is 4.74 Å². The topological polar surface area (TPSA) is 101 Å². The van der Waals surface area contributed by atoms with Gasteiger partial charge >= 0.3 is 0 Å². The van der Waals surface area contributed by atoms with Gasteiger partial charge in [0, 0.05) is 34.9 Å². The number of nitrogens with one attached hydrogen (secondary N) is 1. The summed E-state index contributed by atoms with van der Waals surface area (Å²) >= 11 is 0. The number of hydrogen-bond donors (Lipinski definition) is 1. The standard InChI is InChI=1S/C26H29N5O3S/c1-17-9-10-27-23(15-31-11-4-5-12-35(31,32)33)22(17)16-34-24-8-6-7-20-21(13-19(3)29-26(20)24)25-18(2)14-28-30-25/h6-10,13-14H,4-5,11-12,15-16H2,1-3H3,(H,28,30). The molecule has 4 aromatic rings. The number of H-pyrrole nitrogens is 1. The first-order valence-electron chi connectivity index (χ1n) is 11.8. The molecule has 35 heavy (non-hydrogen) atoms. The average Bonchev–Trinajstić information content (AvgIpc) is 3.25. The fourth-order valence-electron chi connectivity index (χ4n) is 4.61. The van der Waals surface area contributed by atoms with Gasteiger partial charge in [0.05, 0.1) is 29.9 Å². The van der Waals surface area contributed by atoms with Gasteiger partial charge in [0.15, 0.2) is 0 Å². The van der Waals surface area contributed by atoms with Crippen molar-refractivity contribution in [2.24, 2.45) is 0 Å². The van der Waals surface area contributed by atoms with Crippen molar-refractivity contribution in [2.45, 2.75) is 46.8 Å². The summed E-state index contributed by atoms with van der Waals surface area (Å²) < 4.78 is 33.0. The molecule has 0 radical (unpaired) electrons. The molecule has 0 bridgehead atoms. The normalized spacial score (nSPS) is 16.0. The number of ether oxygens (including phenoxy) is 1. The van der Waals surface area contributed by atoms with Crippen LogP contribution in [0, 0.1) is 20.8 Å². The van der Waals surface area contributed by atoms with Gasteiger partial charge in [0.25, 0.3) is 0 Å². The molecule has 1 aliphatic rings. The second-order valence-corrected chi connectivity index (χ2v) is 11.2. The molecule has 8 nitrogen and oxygen atoms in total.